The smallest absolute Gasteiger partial charge is 0.165 e. The molecule has 0 unspecified atom stereocenters. The van der Waals surface area contributed by atoms with E-state index in [1.54, 1.807) is 13.2 Å². The SMILES string of the molecule is COc1cccc(-c2ccc(OCCN)c(F)c2)c1. The average Bonchev–Trinajstić information content (AvgIpc) is 2.46. The van der Waals surface area contributed by atoms with Gasteiger partial charge in [-0.2, -0.15) is 0 Å². The minimum Gasteiger partial charge on any atom is -0.497 e. The minimum absolute atomic E-state index is 0.220. The van der Waals surface area contributed by atoms with Crippen LogP contribution in [-0.2, 0) is 0 Å². The molecule has 0 spiro atoms. The zero-order valence-corrected chi connectivity index (χ0v) is 10.7. The lowest BCUT2D eigenvalue weighted by atomic mass is 10.1. The van der Waals surface area contributed by atoms with Gasteiger partial charge in [-0.05, 0) is 35.4 Å². The fraction of sp³-hybridized carbons (Fsp3) is 0.200. The average molecular weight is 261 g/mol. The Hall–Kier alpha value is -2.07. The molecule has 0 heterocycles. The lowest BCUT2D eigenvalue weighted by molar-refractivity contribution is 0.311. The van der Waals surface area contributed by atoms with E-state index in [-0.39, 0.29) is 5.75 Å². The number of hydrogen-bond donors (Lipinski definition) is 1. The van der Waals surface area contributed by atoms with Gasteiger partial charge in [0.2, 0.25) is 0 Å². The van der Waals surface area contributed by atoms with Crippen LogP contribution in [0.15, 0.2) is 42.5 Å². The molecule has 0 saturated heterocycles. The van der Waals surface area contributed by atoms with Gasteiger partial charge in [-0.1, -0.05) is 18.2 Å². The number of methoxy groups -OCH3 is 1. The van der Waals surface area contributed by atoms with Crippen LogP contribution in [0.5, 0.6) is 11.5 Å². The van der Waals surface area contributed by atoms with Gasteiger partial charge in [0.15, 0.2) is 11.6 Å². The summed E-state index contributed by atoms with van der Waals surface area (Å²) in [5.74, 6) is 0.562. The van der Waals surface area contributed by atoms with E-state index in [9.17, 15) is 4.39 Å². The molecule has 2 N–H and O–H groups in total. The zero-order chi connectivity index (χ0) is 13.7. The van der Waals surface area contributed by atoms with Gasteiger partial charge in [0.1, 0.15) is 12.4 Å². The van der Waals surface area contributed by atoms with Gasteiger partial charge in [-0.3, -0.25) is 0 Å². The van der Waals surface area contributed by atoms with Crippen molar-refractivity contribution in [3.63, 3.8) is 0 Å². The molecule has 0 fully saturated rings. The Morgan fingerprint density at radius 3 is 2.58 bits per heavy atom. The first-order valence-electron chi connectivity index (χ1n) is 6.01. The van der Waals surface area contributed by atoms with Gasteiger partial charge in [0.05, 0.1) is 7.11 Å². The van der Waals surface area contributed by atoms with E-state index in [1.807, 2.05) is 30.3 Å². The maximum Gasteiger partial charge on any atom is 0.165 e. The fourth-order valence-corrected chi connectivity index (χ4v) is 1.77. The molecule has 0 amide bonds. The second-order valence-corrected chi connectivity index (χ2v) is 4.01. The van der Waals surface area contributed by atoms with Crippen LogP contribution in [-0.4, -0.2) is 20.3 Å². The van der Waals surface area contributed by atoms with Crippen LogP contribution in [0.2, 0.25) is 0 Å². The van der Waals surface area contributed by atoms with Crippen molar-refractivity contribution < 1.29 is 13.9 Å². The van der Waals surface area contributed by atoms with Crippen LogP contribution in [0.4, 0.5) is 4.39 Å². The summed E-state index contributed by atoms with van der Waals surface area (Å²) in [4.78, 5) is 0. The van der Waals surface area contributed by atoms with Crippen molar-refractivity contribution in [2.75, 3.05) is 20.3 Å². The molecule has 100 valence electrons. The molecule has 2 aromatic rings. The molecule has 0 radical (unpaired) electrons. The number of benzene rings is 2. The Morgan fingerprint density at radius 2 is 1.89 bits per heavy atom. The summed E-state index contributed by atoms with van der Waals surface area (Å²) in [6, 6.07) is 12.3. The first-order chi connectivity index (χ1) is 9.24. The maximum absolute atomic E-state index is 13.8. The van der Waals surface area contributed by atoms with Crippen LogP contribution >= 0.6 is 0 Å². The van der Waals surface area contributed by atoms with E-state index >= 15 is 0 Å². The van der Waals surface area contributed by atoms with Crippen molar-refractivity contribution in [2.24, 2.45) is 5.73 Å². The summed E-state index contributed by atoms with van der Waals surface area (Å²) in [7, 11) is 1.60. The molecule has 0 aliphatic rings. The zero-order valence-electron chi connectivity index (χ0n) is 10.7. The largest absolute Gasteiger partial charge is 0.497 e. The van der Waals surface area contributed by atoms with Crippen LogP contribution in [0.1, 0.15) is 0 Å². The van der Waals surface area contributed by atoms with E-state index in [0.717, 1.165) is 16.9 Å². The fourth-order valence-electron chi connectivity index (χ4n) is 1.77. The third-order valence-corrected chi connectivity index (χ3v) is 2.71. The third-order valence-electron chi connectivity index (χ3n) is 2.71. The molecule has 3 nitrogen and oxygen atoms in total. The van der Waals surface area contributed by atoms with E-state index < -0.39 is 5.82 Å². The predicted molar refractivity (Wildman–Crippen MR) is 72.9 cm³/mol. The predicted octanol–water partition coefficient (Wildman–Crippen LogP) is 2.84. The Kier molecular flexibility index (Phi) is 4.36. The molecule has 0 aromatic heterocycles. The van der Waals surface area contributed by atoms with Crippen LogP contribution in [0.3, 0.4) is 0 Å². The van der Waals surface area contributed by atoms with E-state index in [0.29, 0.717) is 13.2 Å². The number of ether oxygens (including phenoxy) is 2. The van der Waals surface area contributed by atoms with Gasteiger partial charge in [0, 0.05) is 6.54 Å². The van der Waals surface area contributed by atoms with Crippen molar-refractivity contribution in [1.29, 1.82) is 0 Å². The number of rotatable bonds is 5. The van der Waals surface area contributed by atoms with E-state index in [1.165, 1.54) is 6.07 Å². The molecule has 0 atom stereocenters. The highest BCUT2D eigenvalue weighted by Gasteiger charge is 2.06. The molecule has 4 heteroatoms. The second kappa shape index (κ2) is 6.20. The summed E-state index contributed by atoms with van der Waals surface area (Å²) in [6.45, 7) is 0.659. The van der Waals surface area contributed by atoms with Crippen LogP contribution < -0.4 is 15.2 Å². The molecule has 2 rings (SSSR count). The molecule has 0 saturated carbocycles. The monoisotopic (exact) mass is 261 g/mol. The van der Waals surface area contributed by atoms with Gasteiger partial charge in [0.25, 0.3) is 0 Å². The number of hydrogen-bond acceptors (Lipinski definition) is 3. The van der Waals surface area contributed by atoms with Crippen molar-refractivity contribution in [3.8, 4) is 22.6 Å². The third kappa shape index (κ3) is 3.23. The maximum atomic E-state index is 13.8. The number of halogens is 1. The highest BCUT2D eigenvalue weighted by atomic mass is 19.1. The normalized spacial score (nSPS) is 10.3. The summed E-state index contributed by atoms with van der Waals surface area (Å²) < 4.78 is 24.2. The quantitative estimate of drug-likeness (QED) is 0.900. The summed E-state index contributed by atoms with van der Waals surface area (Å²) >= 11 is 0. The number of nitrogens with two attached hydrogens (primary N) is 1. The van der Waals surface area contributed by atoms with Gasteiger partial charge in [-0.25, -0.2) is 4.39 Å². The molecule has 2 aromatic carbocycles. The Labute approximate surface area is 111 Å². The molecule has 19 heavy (non-hydrogen) atoms. The first kappa shape index (κ1) is 13.4. The minimum atomic E-state index is -0.395. The molecule has 0 aliphatic heterocycles. The first-order valence-corrected chi connectivity index (χ1v) is 6.01. The summed E-state index contributed by atoms with van der Waals surface area (Å²) in [6.07, 6.45) is 0. The Balaban J connectivity index is 2.27. The van der Waals surface area contributed by atoms with E-state index in [2.05, 4.69) is 0 Å². The second-order valence-electron chi connectivity index (χ2n) is 4.01. The standard InChI is InChI=1S/C15H16FNO2/c1-18-13-4-2-3-11(9-13)12-5-6-15(14(16)10-12)19-8-7-17/h2-6,9-10H,7-8,17H2,1H3. The van der Waals surface area contributed by atoms with Crippen molar-refractivity contribution in [2.45, 2.75) is 0 Å². The highest BCUT2D eigenvalue weighted by molar-refractivity contribution is 5.66. The van der Waals surface area contributed by atoms with Crippen LogP contribution in [0, 0.1) is 5.82 Å². The van der Waals surface area contributed by atoms with Crippen molar-refractivity contribution >= 4 is 0 Å². The topological polar surface area (TPSA) is 44.5 Å². The van der Waals surface area contributed by atoms with Gasteiger partial charge in [-0.15, -0.1) is 0 Å². The van der Waals surface area contributed by atoms with Crippen LogP contribution in [0.25, 0.3) is 11.1 Å². The highest BCUT2D eigenvalue weighted by Crippen LogP contribution is 2.27. The summed E-state index contributed by atoms with van der Waals surface area (Å²) in [5.41, 5.74) is 6.98. The Bertz CT molecular complexity index is 558. The van der Waals surface area contributed by atoms with Crippen molar-refractivity contribution in [3.05, 3.63) is 48.3 Å². The molecular formula is C15H16FNO2. The lowest BCUT2D eigenvalue weighted by Crippen LogP contribution is -2.11. The molecule has 0 aliphatic carbocycles. The molecular weight excluding hydrogens is 245 g/mol. The summed E-state index contributed by atoms with van der Waals surface area (Å²) in [5, 5.41) is 0. The van der Waals surface area contributed by atoms with Gasteiger partial charge >= 0.3 is 0 Å². The molecule has 0 bridgehead atoms. The lowest BCUT2D eigenvalue weighted by Gasteiger charge is -2.08. The van der Waals surface area contributed by atoms with Gasteiger partial charge < -0.3 is 15.2 Å². The Morgan fingerprint density at radius 1 is 1.11 bits per heavy atom. The van der Waals surface area contributed by atoms with E-state index in [4.69, 9.17) is 15.2 Å². The van der Waals surface area contributed by atoms with Crippen molar-refractivity contribution in [1.82, 2.24) is 0 Å².